The minimum Gasteiger partial charge on any atom is -0.469 e. The fourth-order valence-electron chi connectivity index (χ4n) is 4.68. The maximum Gasteiger partial charge on any atom is 0.313 e. The van der Waals surface area contributed by atoms with E-state index in [1.54, 1.807) is 0 Å². The minimum absolute atomic E-state index is 0.0194. The summed E-state index contributed by atoms with van der Waals surface area (Å²) in [5, 5.41) is 3.71. The van der Waals surface area contributed by atoms with Crippen LogP contribution in [0.1, 0.15) is 51.0 Å². The molecule has 144 valence electrons. The monoisotopic (exact) mass is 358 g/mol. The molecule has 1 aliphatic carbocycles. The molecule has 2 fully saturated rings. The number of nitrogens with zero attached hydrogens (tertiary/aromatic N) is 1. The van der Waals surface area contributed by atoms with Crippen molar-refractivity contribution in [1.29, 1.82) is 0 Å². The third-order valence-corrected chi connectivity index (χ3v) is 6.46. The Morgan fingerprint density at radius 3 is 2.69 bits per heavy atom. The van der Waals surface area contributed by atoms with E-state index in [1.165, 1.54) is 25.5 Å². The minimum atomic E-state index is -0.302. The number of benzene rings is 1. The lowest BCUT2D eigenvalue weighted by Gasteiger charge is -2.36. The molecule has 3 rings (SSSR count). The largest absolute Gasteiger partial charge is 0.469 e. The first-order valence-corrected chi connectivity index (χ1v) is 10.2. The van der Waals surface area contributed by atoms with Gasteiger partial charge in [0.1, 0.15) is 0 Å². The van der Waals surface area contributed by atoms with E-state index in [-0.39, 0.29) is 11.4 Å². The second-order valence-corrected chi connectivity index (χ2v) is 8.27. The van der Waals surface area contributed by atoms with Crippen LogP contribution in [0, 0.1) is 11.3 Å². The van der Waals surface area contributed by atoms with Gasteiger partial charge in [-0.25, -0.2) is 0 Å². The van der Waals surface area contributed by atoms with Gasteiger partial charge in [-0.3, -0.25) is 9.69 Å². The summed E-state index contributed by atoms with van der Waals surface area (Å²) < 4.78 is 5.15. The average molecular weight is 359 g/mol. The van der Waals surface area contributed by atoms with E-state index in [4.69, 9.17) is 4.74 Å². The zero-order valence-electron chi connectivity index (χ0n) is 16.4. The Bertz CT molecular complexity index is 569. The SMILES string of the molecule is COC(=O)C1(CN[C@H](C)[C@H]2CCN(Cc3ccccc3)C2)CCCCC1. The number of ether oxygens (including phenoxy) is 1. The molecule has 1 aromatic rings. The molecule has 26 heavy (non-hydrogen) atoms. The second kappa shape index (κ2) is 9.01. The first kappa shape index (κ1) is 19.4. The van der Waals surface area contributed by atoms with Gasteiger partial charge in [-0.1, -0.05) is 49.6 Å². The molecule has 2 atom stereocenters. The summed E-state index contributed by atoms with van der Waals surface area (Å²) >= 11 is 0. The second-order valence-electron chi connectivity index (χ2n) is 8.27. The highest BCUT2D eigenvalue weighted by molar-refractivity contribution is 5.77. The van der Waals surface area contributed by atoms with Crippen molar-refractivity contribution < 1.29 is 9.53 Å². The van der Waals surface area contributed by atoms with Crippen molar-refractivity contribution in [1.82, 2.24) is 10.2 Å². The lowest BCUT2D eigenvalue weighted by atomic mass is 9.73. The lowest BCUT2D eigenvalue weighted by Crippen LogP contribution is -2.47. The van der Waals surface area contributed by atoms with Crippen LogP contribution in [-0.2, 0) is 16.1 Å². The van der Waals surface area contributed by atoms with Crippen molar-refractivity contribution in [3.8, 4) is 0 Å². The molecule has 0 unspecified atom stereocenters. The smallest absolute Gasteiger partial charge is 0.313 e. The molecular formula is C22H34N2O2. The van der Waals surface area contributed by atoms with Crippen LogP contribution in [0.5, 0.6) is 0 Å². The van der Waals surface area contributed by atoms with Crippen LogP contribution < -0.4 is 5.32 Å². The number of hydrogen-bond acceptors (Lipinski definition) is 4. The summed E-state index contributed by atoms with van der Waals surface area (Å²) in [5.74, 6) is 0.631. The normalized spacial score (nSPS) is 24.3. The zero-order chi connectivity index (χ0) is 18.4. The highest BCUT2D eigenvalue weighted by atomic mass is 16.5. The number of hydrogen-bond donors (Lipinski definition) is 1. The molecule has 0 spiro atoms. The van der Waals surface area contributed by atoms with Gasteiger partial charge in [-0.2, -0.15) is 0 Å². The summed E-state index contributed by atoms with van der Waals surface area (Å²) in [4.78, 5) is 15.0. The molecule has 0 bridgehead atoms. The Balaban J connectivity index is 1.50. The predicted octanol–water partition coefficient (Wildman–Crippen LogP) is 3.61. The van der Waals surface area contributed by atoms with E-state index in [2.05, 4.69) is 47.5 Å². The van der Waals surface area contributed by atoms with Gasteiger partial charge >= 0.3 is 5.97 Å². The Labute approximate surface area is 158 Å². The van der Waals surface area contributed by atoms with Crippen molar-refractivity contribution in [2.24, 2.45) is 11.3 Å². The van der Waals surface area contributed by atoms with Crippen molar-refractivity contribution in [2.75, 3.05) is 26.7 Å². The van der Waals surface area contributed by atoms with Gasteiger partial charge in [-0.15, -0.1) is 0 Å². The molecule has 1 aromatic carbocycles. The molecule has 4 heteroatoms. The number of esters is 1. The third kappa shape index (κ3) is 4.66. The molecule has 2 aliphatic rings. The van der Waals surface area contributed by atoms with Gasteiger partial charge in [0.2, 0.25) is 0 Å². The lowest BCUT2D eigenvalue weighted by molar-refractivity contribution is -0.154. The van der Waals surface area contributed by atoms with Gasteiger partial charge < -0.3 is 10.1 Å². The van der Waals surface area contributed by atoms with Crippen LogP contribution in [0.2, 0.25) is 0 Å². The topological polar surface area (TPSA) is 41.6 Å². The van der Waals surface area contributed by atoms with Crippen molar-refractivity contribution >= 4 is 5.97 Å². The van der Waals surface area contributed by atoms with Crippen molar-refractivity contribution in [2.45, 2.75) is 58.0 Å². The number of rotatable bonds is 7. The summed E-state index contributed by atoms with van der Waals surface area (Å²) in [5.41, 5.74) is 1.09. The third-order valence-electron chi connectivity index (χ3n) is 6.46. The molecule has 0 aromatic heterocycles. The first-order valence-electron chi connectivity index (χ1n) is 10.2. The van der Waals surface area contributed by atoms with Crippen LogP contribution in [0.3, 0.4) is 0 Å². The number of likely N-dealkylation sites (tertiary alicyclic amines) is 1. The van der Waals surface area contributed by atoms with Gasteiger partial charge in [0.25, 0.3) is 0 Å². The maximum atomic E-state index is 12.4. The van der Waals surface area contributed by atoms with E-state index < -0.39 is 0 Å². The molecule has 0 amide bonds. The van der Waals surface area contributed by atoms with E-state index in [0.717, 1.165) is 51.9 Å². The van der Waals surface area contributed by atoms with Crippen molar-refractivity contribution in [3.63, 3.8) is 0 Å². The maximum absolute atomic E-state index is 12.4. The summed E-state index contributed by atoms with van der Waals surface area (Å²) in [7, 11) is 1.53. The molecule has 0 radical (unpaired) electrons. The molecule has 1 saturated heterocycles. The highest BCUT2D eigenvalue weighted by Gasteiger charge is 2.41. The fourth-order valence-corrected chi connectivity index (χ4v) is 4.68. The summed E-state index contributed by atoms with van der Waals surface area (Å²) in [6.45, 7) is 6.37. The number of carbonyl (C=O) groups is 1. The molecule has 4 nitrogen and oxygen atoms in total. The van der Waals surface area contributed by atoms with Crippen LogP contribution in [-0.4, -0.2) is 43.7 Å². The van der Waals surface area contributed by atoms with Gasteiger partial charge in [0, 0.05) is 25.7 Å². The Hall–Kier alpha value is -1.39. The van der Waals surface area contributed by atoms with E-state index in [9.17, 15) is 4.79 Å². The Morgan fingerprint density at radius 1 is 1.27 bits per heavy atom. The quantitative estimate of drug-likeness (QED) is 0.756. The van der Waals surface area contributed by atoms with Crippen LogP contribution >= 0.6 is 0 Å². The molecule has 1 heterocycles. The van der Waals surface area contributed by atoms with Crippen molar-refractivity contribution in [3.05, 3.63) is 35.9 Å². The average Bonchev–Trinajstić information content (AvgIpc) is 3.15. The molecule has 1 N–H and O–H groups in total. The molecular weight excluding hydrogens is 324 g/mol. The number of nitrogens with one attached hydrogen (secondary N) is 1. The predicted molar refractivity (Wildman–Crippen MR) is 105 cm³/mol. The van der Waals surface area contributed by atoms with Crippen LogP contribution in [0.15, 0.2) is 30.3 Å². The zero-order valence-corrected chi connectivity index (χ0v) is 16.4. The van der Waals surface area contributed by atoms with Crippen LogP contribution in [0.25, 0.3) is 0 Å². The summed E-state index contributed by atoms with van der Waals surface area (Å²) in [6.07, 6.45) is 6.67. The van der Waals surface area contributed by atoms with Gasteiger partial charge in [0.15, 0.2) is 0 Å². The number of carbonyl (C=O) groups excluding carboxylic acids is 1. The number of methoxy groups -OCH3 is 1. The van der Waals surface area contributed by atoms with E-state index >= 15 is 0 Å². The van der Waals surface area contributed by atoms with Gasteiger partial charge in [-0.05, 0) is 44.2 Å². The first-order chi connectivity index (χ1) is 12.6. The fraction of sp³-hybridized carbons (Fsp3) is 0.682. The van der Waals surface area contributed by atoms with Crippen LogP contribution in [0.4, 0.5) is 0 Å². The standard InChI is InChI=1S/C22H34N2O2/c1-18(23-17-22(21(25)26-2)12-7-4-8-13-22)20-11-14-24(16-20)15-19-9-5-3-6-10-19/h3,5-6,9-10,18,20,23H,4,7-8,11-17H2,1-2H3/t18-,20+/m1/s1. The molecule has 1 aliphatic heterocycles. The van der Waals surface area contributed by atoms with E-state index in [0.29, 0.717) is 12.0 Å². The van der Waals surface area contributed by atoms with Gasteiger partial charge in [0.05, 0.1) is 12.5 Å². The van der Waals surface area contributed by atoms with E-state index in [1.807, 2.05) is 0 Å². The Morgan fingerprint density at radius 2 is 2.00 bits per heavy atom. The summed E-state index contributed by atoms with van der Waals surface area (Å²) in [6, 6.07) is 11.1. The Kier molecular flexibility index (Phi) is 6.71. The molecule has 1 saturated carbocycles. The highest BCUT2D eigenvalue weighted by Crippen LogP contribution is 2.37.